The molecule has 0 aromatic carbocycles. The van der Waals surface area contributed by atoms with E-state index >= 15 is 0 Å². The van der Waals surface area contributed by atoms with Gasteiger partial charge in [0, 0.05) is 14.2 Å². The summed E-state index contributed by atoms with van der Waals surface area (Å²) < 4.78 is 19.9. The maximum Gasteiger partial charge on any atom is 0.309 e. The summed E-state index contributed by atoms with van der Waals surface area (Å²) in [7, 11) is 3.13. The first-order valence-electron chi connectivity index (χ1n) is 7.00. The molecular formula is C14H24O6. The van der Waals surface area contributed by atoms with E-state index < -0.39 is 0 Å². The third-order valence-electron chi connectivity index (χ3n) is 3.46. The summed E-state index contributed by atoms with van der Waals surface area (Å²) in [5.74, 6) is -0.578. The first kappa shape index (κ1) is 16.9. The Kier molecular flexibility index (Phi) is 8.22. The van der Waals surface area contributed by atoms with Crippen LogP contribution in [0.25, 0.3) is 0 Å². The van der Waals surface area contributed by atoms with E-state index in [9.17, 15) is 9.59 Å². The van der Waals surface area contributed by atoms with Gasteiger partial charge in [-0.05, 0) is 25.7 Å². The Bertz CT molecular complexity index is 266. The van der Waals surface area contributed by atoms with Gasteiger partial charge in [-0.1, -0.05) is 0 Å². The normalized spacial score (nSPS) is 22.3. The lowest BCUT2D eigenvalue weighted by Crippen LogP contribution is -2.29. The first-order valence-corrected chi connectivity index (χ1v) is 7.00. The summed E-state index contributed by atoms with van der Waals surface area (Å²) in [5.41, 5.74) is 0. The second kappa shape index (κ2) is 9.72. The van der Waals surface area contributed by atoms with Crippen molar-refractivity contribution in [2.45, 2.75) is 25.7 Å². The van der Waals surface area contributed by atoms with Crippen LogP contribution < -0.4 is 0 Å². The molecule has 0 unspecified atom stereocenters. The van der Waals surface area contributed by atoms with E-state index in [1.165, 1.54) is 0 Å². The molecular weight excluding hydrogens is 264 g/mol. The third-order valence-corrected chi connectivity index (χ3v) is 3.46. The highest BCUT2D eigenvalue weighted by atomic mass is 16.6. The zero-order valence-corrected chi connectivity index (χ0v) is 12.3. The maximum absolute atomic E-state index is 11.7. The molecule has 1 aliphatic rings. The second-order valence-corrected chi connectivity index (χ2v) is 4.87. The molecule has 1 fully saturated rings. The standard InChI is InChI=1S/C14H24O6/c1-17-7-9-19-13(15)11-3-5-12(6-4-11)14(16)20-10-8-18-2/h11-12H,3-10H2,1-2H3. The van der Waals surface area contributed by atoms with Gasteiger partial charge in [0.05, 0.1) is 25.0 Å². The summed E-state index contributed by atoms with van der Waals surface area (Å²) in [5, 5.41) is 0. The van der Waals surface area contributed by atoms with Gasteiger partial charge in [-0.2, -0.15) is 0 Å². The molecule has 0 heterocycles. The average molecular weight is 288 g/mol. The topological polar surface area (TPSA) is 71.1 Å². The van der Waals surface area contributed by atoms with E-state index in [-0.39, 0.29) is 37.0 Å². The summed E-state index contributed by atoms with van der Waals surface area (Å²) >= 11 is 0. The number of carbonyl (C=O) groups is 2. The molecule has 0 atom stereocenters. The van der Waals surface area contributed by atoms with Gasteiger partial charge >= 0.3 is 11.9 Å². The summed E-state index contributed by atoms with van der Waals surface area (Å²) in [4.78, 5) is 23.5. The highest BCUT2D eigenvalue weighted by Crippen LogP contribution is 2.30. The zero-order valence-electron chi connectivity index (χ0n) is 12.3. The van der Waals surface area contributed by atoms with E-state index in [2.05, 4.69) is 0 Å². The Hall–Kier alpha value is -1.14. The fourth-order valence-corrected chi connectivity index (χ4v) is 2.25. The number of hydrogen-bond donors (Lipinski definition) is 0. The van der Waals surface area contributed by atoms with Crippen molar-refractivity contribution in [1.29, 1.82) is 0 Å². The minimum atomic E-state index is -0.187. The molecule has 0 N–H and O–H groups in total. The van der Waals surface area contributed by atoms with Crippen molar-refractivity contribution in [2.75, 3.05) is 40.6 Å². The molecule has 1 saturated carbocycles. The summed E-state index contributed by atoms with van der Waals surface area (Å²) in [6.07, 6.45) is 2.71. The zero-order chi connectivity index (χ0) is 14.8. The first-order chi connectivity index (χ1) is 9.69. The van der Waals surface area contributed by atoms with Crippen LogP contribution in [-0.2, 0) is 28.5 Å². The van der Waals surface area contributed by atoms with E-state index in [0.717, 1.165) is 0 Å². The molecule has 6 heteroatoms. The maximum atomic E-state index is 11.7. The number of rotatable bonds is 8. The molecule has 1 rings (SSSR count). The number of hydrogen-bond acceptors (Lipinski definition) is 6. The Labute approximate surface area is 119 Å². The lowest BCUT2D eigenvalue weighted by molar-refractivity contribution is -0.156. The third kappa shape index (κ3) is 5.88. The van der Waals surface area contributed by atoms with E-state index in [1.54, 1.807) is 14.2 Å². The largest absolute Gasteiger partial charge is 0.463 e. The van der Waals surface area contributed by atoms with Gasteiger partial charge in [0.25, 0.3) is 0 Å². The van der Waals surface area contributed by atoms with E-state index in [1.807, 2.05) is 0 Å². The molecule has 0 aromatic heterocycles. The Morgan fingerprint density at radius 1 is 0.750 bits per heavy atom. The van der Waals surface area contributed by atoms with Gasteiger partial charge in [0.15, 0.2) is 0 Å². The lowest BCUT2D eigenvalue weighted by atomic mass is 9.82. The minimum Gasteiger partial charge on any atom is -0.463 e. The van der Waals surface area contributed by atoms with Crippen molar-refractivity contribution in [2.24, 2.45) is 11.8 Å². The smallest absolute Gasteiger partial charge is 0.309 e. The number of methoxy groups -OCH3 is 2. The predicted octanol–water partition coefficient (Wildman–Crippen LogP) is 1.17. The fraction of sp³-hybridized carbons (Fsp3) is 0.857. The SMILES string of the molecule is COCCOC(=O)C1CCC(C(=O)OCCOC)CC1. The van der Waals surface area contributed by atoms with Crippen LogP contribution in [0.3, 0.4) is 0 Å². The van der Waals surface area contributed by atoms with E-state index in [4.69, 9.17) is 18.9 Å². The molecule has 0 radical (unpaired) electrons. The minimum absolute atomic E-state index is 0.102. The van der Waals surface area contributed by atoms with Gasteiger partial charge in [0.2, 0.25) is 0 Å². The van der Waals surface area contributed by atoms with Crippen LogP contribution in [-0.4, -0.2) is 52.6 Å². The number of carbonyl (C=O) groups excluding carboxylic acids is 2. The highest BCUT2D eigenvalue weighted by Gasteiger charge is 2.31. The van der Waals surface area contributed by atoms with Gasteiger partial charge < -0.3 is 18.9 Å². The lowest BCUT2D eigenvalue weighted by Gasteiger charge is -2.25. The van der Waals surface area contributed by atoms with Crippen molar-refractivity contribution in [3.8, 4) is 0 Å². The Morgan fingerprint density at radius 2 is 1.10 bits per heavy atom. The van der Waals surface area contributed by atoms with Crippen LogP contribution in [0.2, 0.25) is 0 Å². The molecule has 116 valence electrons. The molecule has 6 nitrogen and oxygen atoms in total. The fourth-order valence-electron chi connectivity index (χ4n) is 2.25. The summed E-state index contributed by atoms with van der Waals surface area (Å²) in [6.45, 7) is 1.39. The second-order valence-electron chi connectivity index (χ2n) is 4.87. The Balaban J connectivity index is 2.21. The highest BCUT2D eigenvalue weighted by molar-refractivity contribution is 5.75. The van der Waals surface area contributed by atoms with Crippen molar-refractivity contribution in [3.63, 3.8) is 0 Å². The van der Waals surface area contributed by atoms with Crippen molar-refractivity contribution >= 4 is 11.9 Å². The van der Waals surface area contributed by atoms with Crippen molar-refractivity contribution in [1.82, 2.24) is 0 Å². The van der Waals surface area contributed by atoms with Gasteiger partial charge in [-0.3, -0.25) is 9.59 Å². The van der Waals surface area contributed by atoms with Gasteiger partial charge in [-0.25, -0.2) is 0 Å². The molecule has 0 bridgehead atoms. The number of esters is 2. The molecule has 0 saturated heterocycles. The summed E-state index contributed by atoms with van der Waals surface area (Å²) in [6, 6.07) is 0. The van der Waals surface area contributed by atoms with Crippen LogP contribution in [0, 0.1) is 11.8 Å². The molecule has 0 aliphatic heterocycles. The monoisotopic (exact) mass is 288 g/mol. The molecule has 0 amide bonds. The van der Waals surface area contributed by atoms with Crippen molar-refractivity contribution in [3.05, 3.63) is 0 Å². The van der Waals surface area contributed by atoms with Gasteiger partial charge in [-0.15, -0.1) is 0 Å². The molecule has 1 aliphatic carbocycles. The predicted molar refractivity (Wildman–Crippen MR) is 71.1 cm³/mol. The molecule has 0 aromatic rings. The molecule has 0 spiro atoms. The van der Waals surface area contributed by atoms with Crippen LogP contribution in [0.15, 0.2) is 0 Å². The van der Waals surface area contributed by atoms with Gasteiger partial charge in [0.1, 0.15) is 13.2 Å². The van der Waals surface area contributed by atoms with Crippen LogP contribution in [0.5, 0.6) is 0 Å². The Morgan fingerprint density at radius 3 is 1.40 bits per heavy atom. The number of ether oxygens (including phenoxy) is 4. The quantitative estimate of drug-likeness (QED) is 0.493. The van der Waals surface area contributed by atoms with Crippen molar-refractivity contribution < 1.29 is 28.5 Å². The molecule has 20 heavy (non-hydrogen) atoms. The average Bonchev–Trinajstić information content (AvgIpc) is 2.47. The van der Waals surface area contributed by atoms with Crippen LogP contribution >= 0.6 is 0 Å². The van der Waals surface area contributed by atoms with Crippen LogP contribution in [0.1, 0.15) is 25.7 Å². The van der Waals surface area contributed by atoms with E-state index in [0.29, 0.717) is 38.9 Å². The van der Waals surface area contributed by atoms with Crippen LogP contribution in [0.4, 0.5) is 0 Å².